The number of rotatable bonds is 6. The van der Waals surface area contributed by atoms with Gasteiger partial charge in [0, 0.05) is 0 Å². The summed E-state index contributed by atoms with van der Waals surface area (Å²) < 4.78 is 5.69. The van der Waals surface area contributed by atoms with Crippen LogP contribution in [-0.2, 0) is 4.74 Å². The van der Waals surface area contributed by atoms with Gasteiger partial charge in [-0.1, -0.05) is 45.7 Å². The second-order valence-corrected chi connectivity index (χ2v) is 4.64. The summed E-state index contributed by atoms with van der Waals surface area (Å²) in [7, 11) is 0. The van der Waals surface area contributed by atoms with Gasteiger partial charge in [-0.3, -0.25) is 0 Å². The van der Waals surface area contributed by atoms with Gasteiger partial charge in [0.15, 0.2) is 0 Å². The minimum absolute atomic E-state index is 0.196. The van der Waals surface area contributed by atoms with Gasteiger partial charge in [-0.15, -0.1) is 0 Å². The summed E-state index contributed by atoms with van der Waals surface area (Å²) in [5, 5.41) is 0. The zero-order valence-corrected chi connectivity index (χ0v) is 10.5. The Morgan fingerprint density at radius 1 is 1.38 bits per heavy atom. The number of thiocarbonyl (C=S) groups is 1. The van der Waals surface area contributed by atoms with Crippen LogP contribution in [0.5, 0.6) is 0 Å². The van der Waals surface area contributed by atoms with Crippen molar-refractivity contribution >= 4 is 29.2 Å². The molecule has 0 rings (SSSR count). The van der Waals surface area contributed by atoms with Crippen LogP contribution in [0, 0.1) is 5.92 Å². The van der Waals surface area contributed by atoms with E-state index in [1.807, 2.05) is 0 Å². The molecule has 2 atom stereocenters. The molecule has 0 amide bonds. The van der Waals surface area contributed by atoms with E-state index in [0.29, 0.717) is 10.3 Å². The van der Waals surface area contributed by atoms with Crippen molar-refractivity contribution in [3.8, 4) is 0 Å². The lowest BCUT2D eigenvalue weighted by molar-refractivity contribution is 0.151. The van der Waals surface area contributed by atoms with Gasteiger partial charge in [0.05, 0.1) is 6.10 Å². The summed E-state index contributed by atoms with van der Waals surface area (Å²) in [5.74, 6) is 0.566. The molecule has 0 fully saturated rings. The van der Waals surface area contributed by atoms with E-state index in [1.165, 1.54) is 25.7 Å². The van der Waals surface area contributed by atoms with Gasteiger partial charge in [0.1, 0.15) is 0 Å². The lowest BCUT2D eigenvalue weighted by Gasteiger charge is -2.20. The molecule has 0 radical (unpaired) electrons. The summed E-state index contributed by atoms with van der Waals surface area (Å²) in [6.45, 7) is 6.47. The van der Waals surface area contributed by atoms with Gasteiger partial charge in [-0.25, -0.2) is 0 Å². The number of hydrogen-bond acceptors (Lipinski definition) is 2. The largest absolute Gasteiger partial charge is 0.475 e. The Labute approximate surface area is 92.7 Å². The van der Waals surface area contributed by atoms with E-state index in [2.05, 4.69) is 33.4 Å². The Morgan fingerprint density at radius 2 is 2.00 bits per heavy atom. The van der Waals surface area contributed by atoms with Crippen molar-refractivity contribution in [3.63, 3.8) is 0 Å². The summed E-state index contributed by atoms with van der Waals surface area (Å²) in [5.41, 5.74) is 0. The van der Waals surface area contributed by atoms with Gasteiger partial charge in [0.25, 0.3) is 0 Å². The molecule has 0 aromatic carbocycles. The Bertz CT molecular complexity index is 148. The van der Waals surface area contributed by atoms with Crippen molar-refractivity contribution in [2.24, 2.45) is 5.92 Å². The van der Waals surface area contributed by atoms with Crippen LogP contribution in [0.3, 0.4) is 0 Å². The van der Waals surface area contributed by atoms with Crippen molar-refractivity contribution in [3.05, 3.63) is 0 Å². The molecule has 0 aromatic rings. The van der Waals surface area contributed by atoms with E-state index in [1.54, 1.807) is 0 Å². The third-order valence-corrected chi connectivity index (χ3v) is 2.55. The van der Waals surface area contributed by atoms with Gasteiger partial charge in [0.2, 0.25) is 4.38 Å². The highest BCUT2D eigenvalue weighted by molar-refractivity contribution is 8.10. The topological polar surface area (TPSA) is 9.23 Å². The first-order valence-electron chi connectivity index (χ1n) is 4.97. The predicted molar refractivity (Wildman–Crippen MR) is 65.4 cm³/mol. The zero-order valence-electron chi connectivity index (χ0n) is 8.75. The number of thiol groups is 1. The van der Waals surface area contributed by atoms with Crippen molar-refractivity contribution in [2.45, 2.75) is 52.6 Å². The van der Waals surface area contributed by atoms with Gasteiger partial charge in [-0.05, 0) is 31.5 Å². The molecular weight excluding hydrogens is 200 g/mol. The summed E-state index contributed by atoms with van der Waals surface area (Å²) in [4.78, 5) is 0. The summed E-state index contributed by atoms with van der Waals surface area (Å²) in [6.07, 6.45) is 5.27. The van der Waals surface area contributed by atoms with E-state index < -0.39 is 0 Å². The molecule has 0 aliphatic carbocycles. The van der Waals surface area contributed by atoms with Crippen LogP contribution in [0.25, 0.3) is 0 Å². The lowest BCUT2D eigenvalue weighted by Crippen LogP contribution is -2.19. The molecule has 0 spiro atoms. The van der Waals surface area contributed by atoms with Crippen LogP contribution >= 0.6 is 24.8 Å². The Balaban J connectivity index is 3.56. The first-order chi connectivity index (χ1) is 6.07. The molecule has 0 heterocycles. The molecule has 0 saturated carbocycles. The minimum atomic E-state index is 0.196. The zero-order chi connectivity index (χ0) is 10.3. The second-order valence-electron chi connectivity index (χ2n) is 3.56. The first kappa shape index (κ1) is 13.2. The third-order valence-electron chi connectivity index (χ3n) is 2.35. The van der Waals surface area contributed by atoms with Crippen LogP contribution in [-0.4, -0.2) is 10.5 Å². The number of hydrogen-bond donors (Lipinski definition) is 1. The van der Waals surface area contributed by atoms with Crippen molar-refractivity contribution in [1.82, 2.24) is 0 Å². The highest BCUT2D eigenvalue weighted by Crippen LogP contribution is 2.16. The molecule has 1 nitrogen and oxygen atoms in total. The molecule has 0 aliphatic rings. The monoisotopic (exact) mass is 220 g/mol. The van der Waals surface area contributed by atoms with Crippen molar-refractivity contribution in [1.29, 1.82) is 0 Å². The normalized spacial score (nSPS) is 15.1. The smallest absolute Gasteiger partial charge is 0.217 e. The molecule has 0 aromatic heterocycles. The van der Waals surface area contributed by atoms with Gasteiger partial charge in [-0.2, -0.15) is 0 Å². The highest BCUT2D eigenvalue weighted by Gasteiger charge is 2.13. The van der Waals surface area contributed by atoms with E-state index in [-0.39, 0.29) is 6.10 Å². The average Bonchev–Trinajstić information content (AvgIpc) is 2.03. The molecule has 0 aliphatic heterocycles. The maximum atomic E-state index is 5.34. The molecular formula is C10H20OS2. The molecule has 0 N–H and O–H groups in total. The van der Waals surface area contributed by atoms with E-state index in [0.717, 1.165) is 0 Å². The molecule has 0 saturated heterocycles. The Hall–Kier alpha value is 0.240. The maximum Gasteiger partial charge on any atom is 0.217 e. The second kappa shape index (κ2) is 7.63. The Kier molecular flexibility index (Phi) is 7.77. The van der Waals surface area contributed by atoms with Gasteiger partial charge < -0.3 is 4.74 Å². The summed E-state index contributed by atoms with van der Waals surface area (Å²) >= 11 is 8.72. The Morgan fingerprint density at radius 3 is 2.46 bits per heavy atom. The molecule has 3 heteroatoms. The van der Waals surface area contributed by atoms with E-state index in [9.17, 15) is 0 Å². The average molecular weight is 220 g/mol. The molecule has 78 valence electrons. The van der Waals surface area contributed by atoms with Crippen molar-refractivity contribution in [2.75, 3.05) is 0 Å². The standard InChI is InChI=1S/C10H20OS2/c1-4-5-6-7-8(2)9(3)11-10(12)13/h8-9H,4-7H2,1-3H3,(H,12,13). The van der Waals surface area contributed by atoms with E-state index >= 15 is 0 Å². The fourth-order valence-electron chi connectivity index (χ4n) is 1.23. The number of unbranched alkanes of at least 4 members (excludes halogenated alkanes) is 2. The highest BCUT2D eigenvalue weighted by atomic mass is 32.1. The summed E-state index contributed by atoms with van der Waals surface area (Å²) in [6, 6.07) is 0. The molecule has 2 unspecified atom stereocenters. The van der Waals surface area contributed by atoms with Crippen LogP contribution in [0.1, 0.15) is 46.5 Å². The third kappa shape index (κ3) is 7.32. The van der Waals surface area contributed by atoms with Gasteiger partial charge >= 0.3 is 0 Å². The van der Waals surface area contributed by atoms with E-state index in [4.69, 9.17) is 17.0 Å². The lowest BCUT2D eigenvalue weighted by atomic mass is 9.98. The quantitative estimate of drug-likeness (QED) is 0.414. The van der Waals surface area contributed by atoms with Crippen LogP contribution in [0.4, 0.5) is 0 Å². The SMILES string of the molecule is CCCCCC(C)C(C)OC(=S)S. The fourth-order valence-corrected chi connectivity index (χ4v) is 1.54. The minimum Gasteiger partial charge on any atom is -0.475 e. The first-order valence-corrected chi connectivity index (χ1v) is 5.83. The fraction of sp³-hybridized carbons (Fsp3) is 0.900. The molecule has 0 bridgehead atoms. The van der Waals surface area contributed by atoms with Crippen LogP contribution in [0.2, 0.25) is 0 Å². The number of ether oxygens (including phenoxy) is 1. The molecule has 13 heavy (non-hydrogen) atoms. The predicted octanol–water partition coefficient (Wildman–Crippen LogP) is 3.82. The van der Waals surface area contributed by atoms with Crippen LogP contribution < -0.4 is 0 Å². The maximum absolute atomic E-state index is 5.34. The van der Waals surface area contributed by atoms with Crippen LogP contribution in [0.15, 0.2) is 0 Å². The van der Waals surface area contributed by atoms with Crippen molar-refractivity contribution < 1.29 is 4.74 Å².